The first kappa shape index (κ1) is 17.8. The number of benzene rings is 2. The second-order valence-corrected chi connectivity index (χ2v) is 6.90. The maximum Gasteiger partial charge on any atom is 0.349 e. The molecule has 2 aromatic carbocycles. The van der Waals surface area contributed by atoms with E-state index in [0.29, 0.717) is 16.1 Å². The molecule has 1 amide bonds. The summed E-state index contributed by atoms with van der Waals surface area (Å²) in [6.07, 6.45) is -0.944. The zero-order valence-electron chi connectivity index (χ0n) is 14.3. The molecule has 0 unspecified atom stereocenters. The van der Waals surface area contributed by atoms with Crippen molar-refractivity contribution in [2.24, 2.45) is 0 Å². The molecule has 0 aliphatic rings. The Kier molecular flexibility index (Phi) is 5.14. The highest BCUT2D eigenvalue weighted by molar-refractivity contribution is 7.20. The fourth-order valence-electron chi connectivity index (χ4n) is 2.39. The number of ketones is 1. The Morgan fingerprint density at radius 2 is 1.73 bits per heavy atom. The van der Waals surface area contributed by atoms with Crippen molar-refractivity contribution in [3.05, 3.63) is 65.0 Å². The first-order valence-corrected chi connectivity index (χ1v) is 8.87. The van der Waals surface area contributed by atoms with Crippen LogP contribution in [-0.2, 0) is 9.53 Å². The Morgan fingerprint density at radius 1 is 1.04 bits per heavy atom. The molecule has 1 atom stereocenters. The number of fused-ring (bicyclic) bond motifs is 1. The van der Waals surface area contributed by atoms with Gasteiger partial charge >= 0.3 is 5.97 Å². The van der Waals surface area contributed by atoms with Crippen LogP contribution in [0.4, 0.5) is 5.69 Å². The van der Waals surface area contributed by atoms with Crippen molar-refractivity contribution in [3.8, 4) is 0 Å². The van der Waals surface area contributed by atoms with E-state index in [1.807, 2.05) is 24.3 Å². The normalized spacial score (nSPS) is 11.8. The molecule has 1 heterocycles. The lowest BCUT2D eigenvalue weighted by Crippen LogP contribution is -2.29. The summed E-state index contributed by atoms with van der Waals surface area (Å²) >= 11 is 1.33. The molecule has 0 aliphatic heterocycles. The van der Waals surface area contributed by atoms with Gasteiger partial charge in [-0.2, -0.15) is 0 Å². The van der Waals surface area contributed by atoms with Crippen molar-refractivity contribution < 1.29 is 19.1 Å². The summed E-state index contributed by atoms with van der Waals surface area (Å²) < 4.78 is 6.26. The Morgan fingerprint density at radius 3 is 2.38 bits per heavy atom. The van der Waals surface area contributed by atoms with Crippen LogP contribution in [0.1, 0.15) is 33.9 Å². The minimum atomic E-state index is -0.944. The second-order valence-electron chi connectivity index (χ2n) is 5.82. The van der Waals surface area contributed by atoms with E-state index in [1.54, 1.807) is 30.3 Å². The van der Waals surface area contributed by atoms with Crippen LogP contribution in [0.3, 0.4) is 0 Å². The summed E-state index contributed by atoms with van der Waals surface area (Å²) in [6, 6.07) is 15.9. The molecule has 3 aromatic rings. The lowest BCUT2D eigenvalue weighted by molar-refractivity contribution is -0.123. The van der Waals surface area contributed by atoms with Crippen molar-refractivity contribution in [2.45, 2.75) is 20.0 Å². The number of thiophene rings is 1. The molecular weight excluding hydrogens is 350 g/mol. The number of nitrogens with one attached hydrogen (secondary N) is 1. The maximum atomic E-state index is 12.3. The van der Waals surface area contributed by atoms with Crippen LogP contribution in [-0.4, -0.2) is 23.8 Å². The molecule has 0 radical (unpaired) electrons. The molecule has 1 N–H and O–H groups in total. The third-order valence-corrected chi connectivity index (χ3v) is 4.93. The summed E-state index contributed by atoms with van der Waals surface area (Å²) in [5.74, 6) is -1.01. The molecule has 6 heteroatoms. The van der Waals surface area contributed by atoms with Gasteiger partial charge in [0.05, 0.1) is 0 Å². The number of Topliss-reactive ketones (excluding diaryl/α,β-unsaturated/α-hetero) is 1. The molecule has 0 spiro atoms. The number of carbonyl (C=O) groups is 3. The van der Waals surface area contributed by atoms with Crippen LogP contribution in [0.15, 0.2) is 54.6 Å². The molecule has 0 saturated heterocycles. The summed E-state index contributed by atoms with van der Waals surface area (Å²) in [7, 11) is 0. The number of amides is 1. The van der Waals surface area contributed by atoms with Gasteiger partial charge in [-0.1, -0.05) is 18.2 Å². The van der Waals surface area contributed by atoms with Gasteiger partial charge in [0.15, 0.2) is 11.9 Å². The molecule has 5 nitrogen and oxygen atoms in total. The quantitative estimate of drug-likeness (QED) is 0.539. The number of hydrogen-bond acceptors (Lipinski definition) is 5. The summed E-state index contributed by atoms with van der Waals surface area (Å²) in [4.78, 5) is 36.2. The second kappa shape index (κ2) is 7.49. The summed E-state index contributed by atoms with van der Waals surface area (Å²) in [5, 5.41) is 3.63. The van der Waals surface area contributed by atoms with Crippen molar-refractivity contribution in [1.82, 2.24) is 0 Å². The average Bonchev–Trinajstić information content (AvgIpc) is 3.06. The molecule has 0 aliphatic carbocycles. The molecule has 0 saturated carbocycles. The van der Waals surface area contributed by atoms with E-state index in [9.17, 15) is 14.4 Å². The zero-order valence-corrected chi connectivity index (χ0v) is 15.1. The van der Waals surface area contributed by atoms with Crippen molar-refractivity contribution >= 4 is 44.8 Å². The predicted molar refractivity (Wildman–Crippen MR) is 102 cm³/mol. The van der Waals surface area contributed by atoms with E-state index < -0.39 is 18.0 Å². The van der Waals surface area contributed by atoms with E-state index in [0.717, 1.165) is 10.1 Å². The van der Waals surface area contributed by atoms with Crippen LogP contribution in [0.25, 0.3) is 10.1 Å². The third-order valence-electron chi connectivity index (χ3n) is 3.84. The summed E-state index contributed by atoms with van der Waals surface area (Å²) in [5.41, 5.74) is 1.09. The molecule has 0 bridgehead atoms. The Balaban J connectivity index is 1.62. The molecule has 1 aromatic heterocycles. The van der Waals surface area contributed by atoms with Crippen LogP contribution in [0.5, 0.6) is 0 Å². The molecule has 0 fully saturated rings. The number of carbonyl (C=O) groups excluding carboxylic acids is 3. The predicted octanol–water partition coefficient (Wildman–Crippen LogP) is 4.29. The van der Waals surface area contributed by atoms with Crippen LogP contribution < -0.4 is 5.32 Å². The number of ether oxygens (including phenoxy) is 1. The summed E-state index contributed by atoms with van der Waals surface area (Å²) in [6.45, 7) is 2.99. The fraction of sp³-hybridized carbons (Fsp3) is 0.150. The minimum absolute atomic E-state index is 0.0477. The number of rotatable bonds is 5. The maximum absolute atomic E-state index is 12.3. The van der Waals surface area contributed by atoms with Gasteiger partial charge in [0, 0.05) is 16.0 Å². The lowest BCUT2D eigenvalue weighted by atomic mass is 10.1. The van der Waals surface area contributed by atoms with Crippen LogP contribution >= 0.6 is 11.3 Å². The van der Waals surface area contributed by atoms with Gasteiger partial charge in [0.25, 0.3) is 5.91 Å². The van der Waals surface area contributed by atoms with Gasteiger partial charge in [0.2, 0.25) is 0 Å². The smallest absolute Gasteiger partial charge is 0.349 e. The van der Waals surface area contributed by atoms with Crippen molar-refractivity contribution in [1.29, 1.82) is 0 Å². The standard InChI is InChI=1S/C20H17NO4S/c1-12(22)14-7-9-16(10-8-14)21-19(23)13(2)25-20(24)18-11-15-5-3-4-6-17(15)26-18/h3-11,13H,1-2H3,(H,21,23)/t13-/m1/s1. The van der Waals surface area contributed by atoms with Gasteiger partial charge < -0.3 is 10.1 Å². The van der Waals surface area contributed by atoms with E-state index in [-0.39, 0.29) is 5.78 Å². The van der Waals surface area contributed by atoms with E-state index >= 15 is 0 Å². The monoisotopic (exact) mass is 367 g/mol. The molecule has 3 rings (SSSR count). The molecular formula is C20H17NO4S. The number of esters is 1. The lowest BCUT2D eigenvalue weighted by Gasteiger charge is -2.13. The first-order valence-electron chi connectivity index (χ1n) is 8.05. The molecule has 26 heavy (non-hydrogen) atoms. The topological polar surface area (TPSA) is 72.5 Å². The van der Waals surface area contributed by atoms with Crippen LogP contribution in [0.2, 0.25) is 0 Å². The van der Waals surface area contributed by atoms with Gasteiger partial charge in [-0.3, -0.25) is 9.59 Å². The van der Waals surface area contributed by atoms with Crippen LogP contribution in [0, 0.1) is 0 Å². The minimum Gasteiger partial charge on any atom is -0.448 e. The van der Waals surface area contributed by atoms with E-state index in [4.69, 9.17) is 4.74 Å². The van der Waals surface area contributed by atoms with Gasteiger partial charge in [-0.15, -0.1) is 11.3 Å². The van der Waals surface area contributed by atoms with Crippen molar-refractivity contribution in [3.63, 3.8) is 0 Å². The zero-order chi connectivity index (χ0) is 18.7. The third kappa shape index (κ3) is 3.97. The highest BCUT2D eigenvalue weighted by Gasteiger charge is 2.20. The first-order chi connectivity index (χ1) is 12.4. The number of anilines is 1. The average molecular weight is 367 g/mol. The Hall–Kier alpha value is -2.99. The highest BCUT2D eigenvalue weighted by Crippen LogP contribution is 2.26. The van der Waals surface area contributed by atoms with Gasteiger partial charge in [0.1, 0.15) is 4.88 Å². The van der Waals surface area contributed by atoms with Gasteiger partial charge in [-0.25, -0.2) is 4.79 Å². The largest absolute Gasteiger partial charge is 0.448 e. The Labute approximate surface area is 154 Å². The number of hydrogen-bond donors (Lipinski definition) is 1. The fourth-order valence-corrected chi connectivity index (χ4v) is 3.33. The van der Waals surface area contributed by atoms with Crippen molar-refractivity contribution in [2.75, 3.05) is 5.32 Å². The highest BCUT2D eigenvalue weighted by atomic mass is 32.1. The SMILES string of the molecule is CC(=O)c1ccc(NC(=O)[C@@H](C)OC(=O)c2cc3ccccc3s2)cc1. The van der Waals surface area contributed by atoms with E-state index in [1.165, 1.54) is 25.2 Å². The Bertz CT molecular complexity index is 942. The molecule has 132 valence electrons. The van der Waals surface area contributed by atoms with E-state index in [2.05, 4.69) is 5.32 Å². The van der Waals surface area contributed by atoms with Gasteiger partial charge in [-0.05, 0) is 55.6 Å².